The Morgan fingerprint density at radius 3 is 2.43 bits per heavy atom. The maximum Gasteiger partial charge on any atom is 0.295 e. The summed E-state index contributed by atoms with van der Waals surface area (Å²) in [6, 6.07) is 12.2. The molecule has 1 unspecified atom stereocenters. The molecule has 0 aromatic heterocycles. The van der Waals surface area contributed by atoms with Gasteiger partial charge in [-0.05, 0) is 50.1 Å². The van der Waals surface area contributed by atoms with Gasteiger partial charge < -0.3 is 19.5 Å². The van der Waals surface area contributed by atoms with Crippen molar-refractivity contribution in [2.45, 2.75) is 26.8 Å². The summed E-state index contributed by atoms with van der Waals surface area (Å²) in [4.78, 5) is 27.2. The van der Waals surface area contributed by atoms with Crippen LogP contribution in [-0.2, 0) is 14.3 Å². The molecule has 1 heterocycles. The van der Waals surface area contributed by atoms with Crippen LogP contribution >= 0.6 is 0 Å². The highest BCUT2D eigenvalue weighted by Crippen LogP contribution is 2.40. The Morgan fingerprint density at radius 2 is 1.80 bits per heavy atom. The standard InChI is InChI=1S/C24H27NO5/c1-5-30-18-10-8-17(9-11-18)21-20(23(27)24(28)25(21)12-13-29-4)22(26)19-14-15(2)6-7-16(19)3/h6-11,14,21,26H,5,12-13H2,1-4H3. The average molecular weight is 409 g/mol. The Balaban J connectivity index is 2.16. The molecule has 1 fully saturated rings. The van der Waals surface area contributed by atoms with Crippen molar-refractivity contribution in [2.75, 3.05) is 26.9 Å². The molecule has 6 nitrogen and oxygen atoms in total. The molecule has 2 aromatic rings. The zero-order valence-electron chi connectivity index (χ0n) is 17.8. The summed E-state index contributed by atoms with van der Waals surface area (Å²) in [5, 5.41) is 11.2. The molecule has 6 heteroatoms. The summed E-state index contributed by atoms with van der Waals surface area (Å²) in [7, 11) is 1.54. The van der Waals surface area contributed by atoms with E-state index in [9.17, 15) is 14.7 Å². The lowest BCUT2D eigenvalue weighted by molar-refractivity contribution is -0.140. The number of ketones is 1. The maximum absolute atomic E-state index is 13.0. The zero-order valence-corrected chi connectivity index (χ0v) is 17.8. The molecular weight excluding hydrogens is 382 g/mol. The molecule has 0 bridgehead atoms. The SMILES string of the molecule is CCOc1ccc(C2C(=C(O)c3cc(C)ccc3C)C(=O)C(=O)N2CCOC)cc1. The number of ether oxygens (including phenoxy) is 2. The number of nitrogens with zero attached hydrogens (tertiary/aromatic N) is 1. The zero-order chi connectivity index (χ0) is 21.8. The number of benzene rings is 2. The molecule has 30 heavy (non-hydrogen) atoms. The van der Waals surface area contributed by atoms with Gasteiger partial charge in [0.1, 0.15) is 11.5 Å². The number of carbonyl (C=O) groups is 2. The fourth-order valence-corrected chi connectivity index (χ4v) is 3.70. The van der Waals surface area contributed by atoms with Gasteiger partial charge in [-0.2, -0.15) is 0 Å². The Kier molecular flexibility index (Phi) is 6.57. The Bertz CT molecular complexity index is 978. The first-order chi connectivity index (χ1) is 14.4. The van der Waals surface area contributed by atoms with Gasteiger partial charge in [-0.25, -0.2) is 0 Å². The Hall–Kier alpha value is -3.12. The Labute approximate surface area is 176 Å². The minimum Gasteiger partial charge on any atom is -0.507 e. The second kappa shape index (κ2) is 9.13. The highest BCUT2D eigenvalue weighted by molar-refractivity contribution is 6.46. The summed E-state index contributed by atoms with van der Waals surface area (Å²) in [5.41, 5.74) is 3.14. The molecule has 1 N–H and O–H groups in total. The first-order valence-electron chi connectivity index (χ1n) is 9.96. The van der Waals surface area contributed by atoms with Crippen LogP contribution in [-0.4, -0.2) is 48.6 Å². The molecule has 0 spiro atoms. The van der Waals surface area contributed by atoms with Crippen LogP contribution in [0.25, 0.3) is 5.76 Å². The number of hydrogen-bond donors (Lipinski definition) is 1. The number of aryl methyl sites for hydroxylation is 2. The monoisotopic (exact) mass is 409 g/mol. The lowest BCUT2D eigenvalue weighted by atomic mass is 9.93. The summed E-state index contributed by atoms with van der Waals surface area (Å²) in [6.07, 6.45) is 0. The van der Waals surface area contributed by atoms with Crippen molar-refractivity contribution in [1.82, 2.24) is 4.90 Å². The van der Waals surface area contributed by atoms with Gasteiger partial charge >= 0.3 is 0 Å². The average Bonchev–Trinajstić information content (AvgIpc) is 2.99. The number of carbonyl (C=O) groups excluding carboxylic acids is 2. The van der Waals surface area contributed by atoms with Crippen molar-refractivity contribution in [1.29, 1.82) is 0 Å². The molecule has 158 valence electrons. The van der Waals surface area contributed by atoms with E-state index in [4.69, 9.17) is 9.47 Å². The van der Waals surface area contributed by atoms with Gasteiger partial charge in [0.15, 0.2) is 0 Å². The predicted molar refractivity (Wildman–Crippen MR) is 114 cm³/mol. The van der Waals surface area contributed by atoms with Crippen molar-refractivity contribution >= 4 is 17.4 Å². The topological polar surface area (TPSA) is 76.1 Å². The summed E-state index contributed by atoms with van der Waals surface area (Å²) >= 11 is 0. The van der Waals surface area contributed by atoms with Crippen molar-refractivity contribution in [3.05, 3.63) is 70.3 Å². The van der Waals surface area contributed by atoms with Crippen LogP contribution in [0.5, 0.6) is 5.75 Å². The molecule has 1 amide bonds. The first-order valence-corrected chi connectivity index (χ1v) is 9.96. The van der Waals surface area contributed by atoms with E-state index in [2.05, 4.69) is 0 Å². The van der Waals surface area contributed by atoms with E-state index in [1.807, 2.05) is 51.1 Å². The maximum atomic E-state index is 13.0. The van der Waals surface area contributed by atoms with Crippen LogP contribution < -0.4 is 4.74 Å². The van der Waals surface area contributed by atoms with Gasteiger partial charge in [-0.1, -0.05) is 29.8 Å². The van der Waals surface area contributed by atoms with E-state index in [1.165, 1.54) is 4.90 Å². The molecule has 1 saturated heterocycles. The molecule has 0 aliphatic carbocycles. The van der Waals surface area contributed by atoms with Crippen LogP contribution in [0.2, 0.25) is 0 Å². The molecule has 3 rings (SSSR count). The third-order valence-corrected chi connectivity index (χ3v) is 5.23. The minimum absolute atomic E-state index is 0.0916. The van der Waals surface area contributed by atoms with Crippen LogP contribution in [0, 0.1) is 13.8 Å². The van der Waals surface area contributed by atoms with E-state index < -0.39 is 17.7 Å². The van der Waals surface area contributed by atoms with Gasteiger partial charge in [-0.3, -0.25) is 9.59 Å². The molecule has 1 aliphatic heterocycles. The van der Waals surface area contributed by atoms with Crippen LogP contribution in [0.15, 0.2) is 48.0 Å². The van der Waals surface area contributed by atoms with Crippen molar-refractivity contribution < 1.29 is 24.2 Å². The number of Topliss-reactive ketones (excluding diaryl/α,β-unsaturated/α-hetero) is 1. The smallest absolute Gasteiger partial charge is 0.295 e. The second-order valence-corrected chi connectivity index (χ2v) is 7.31. The molecule has 2 aromatic carbocycles. The molecular formula is C24H27NO5. The summed E-state index contributed by atoms with van der Waals surface area (Å²) < 4.78 is 10.6. The second-order valence-electron chi connectivity index (χ2n) is 7.31. The number of amides is 1. The van der Waals surface area contributed by atoms with Gasteiger partial charge in [0.05, 0.1) is 24.8 Å². The Morgan fingerprint density at radius 1 is 1.10 bits per heavy atom. The van der Waals surface area contributed by atoms with Gasteiger partial charge in [0.2, 0.25) is 0 Å². The molecule has 0 saturated carbocycles. The van der Waals surface area contributed by atoms with Gasteiger partial charge in [0, 0.05) is 19.2 Å². The lowest BCUT2D eigenvalue weighted by Crippen LogP contribution is -2.32. The normalized spacial score (nSPS) is 18.1. The predicted octanol–water partition coefficient (Wildman–Crippen LogP) is 3.77. The summed E-state index contributed by atoms with van der Waals surface area (Å²) in [5.74, 6) is -0.792. The number of methoxy groups -OCH3 is 1. The summed E-state index contributed by atoms with van der Waals surface area (Å²) in [6.45, 7) is 6.74. The van der Waals surface area contributed by atoms with E-state index in [1.54, 1.807) is 19.2 Å². The third kappa shape index (κ3) is 4.09. The number of likely N-dealkylation sites (tertiary alicyclic amines) is 1. The van der Waals surface area contributed by atoms with E-state index in [0.717, 1.165) is 16.7 Å². The number of rotatable bonds is 7. The fourth-order valence-electron chi connectivity index (χ4n) is 3.70. The van der Waals surface area contributed by atoms with Crippen LogP contribution in [0.3, 0.4) is 0 Å². The number of hydrogen-bond acceptors (Lipinski definition) is 5. The van der Waals surface area contributed by atoms with Crippen LogP contribution in [0.1, 0.15) is 35.2 Å². The lowest BCUT2D eigenvalue weighted by Gasteiger charge is -2.25. The van der Waals surface area contributed by atoms with Crippen molar-refractivity contribution in [3.8, 4) is 5.75 Å². The van der Waals surface area contributed by atoms with Gasteiger partial charge in [-0.15, -0.1) is 0 Å². The number of aliphatic hydroxyl groups is 1. The molecule has 1 aliphatic rings. The first kappa shape index (κ1) is 21.6. The molecule has 0 radical (unpaired) electrons. The van der Waals surface area contributed by atoms with Crippen molar-refractivity contribution in [2.24, 2.45) is 0 Å². The van der Waals surface area contributed by atoms with E-state index >= 15 is 0 Å². The fraction of sp³-hybridized carbons (Fsp3) is 0.333. The largest absolute Gasteiger partial charge is 0.507 e. The van der Waals surface area contributed by atoms with Crippen molar-refractivity contribution in [3.63, 3.8) is 0 Å². The van der Waals surface area contributed by atoms with E-state index in [0.29, 0.717) is 17.9 Å². The van der Waals surface area contributed by atoms with Crippen LogP contribution in [0.4, 0.5) is 0 Å². The van der Waals surface area contributed by atoms with Gasteiger partial charge in [0.25, 0.3) is 11.7 Å². The van der Waals surface area contributed by atoms with E-state index in [-0.39, 0.29) is 24.5 Å². The minimum atomic E-state index is -0.698. The highest BCUT2D eigenvalue weighted by Gasteiger charge is 2.46. The third-order valence-electron chi connectivity index (χ3n) is 5.23. The quantitative estimate of drug-likeness (QED) is 0.428. The highest BCUT2D eigenvalue weighted by atomic mass is 16.5. The molecule has 1 atom stereocenters. The number of aliphatic hydroxyl groups excluding tert-OH is 1.